The van der Waals surface area contributed by atoms with Crippen molar-refractivity contribution in [2.75, 3.05) is 19.5 Å². The normalized spacial score (nSPS) is 11.6. The van der Waals surface area contributed by atoms with E-state index in [-0.39, 0.29) is 10.9 Å². The Morgan fingerprint density at radius 3 is 2.62 bits per heavy atom. The molecular weight excluding hydrogens is 395 g/mol. The van der Waals surface area contributed by atoms with Crippen LogP contribution in [0.15, 0.2) is 59.9 Å². The lowest BCUT2D eigenvalue weighted by molar-refractivity contribution is 0.291. The van der Waals surface area contributed by atoms with E-state index in [9.17, 15) is 4.39 Å². The van der Waals surface area contributed by atoms with Crippen LogP contribution in [0.4, 0.5) is 15.9 Å². The van der Waals surface area contributed by atoms with E-state index in [1.54, 1.807) is 31.4 Å². The van der Waals surface area contributed by atoms with Crippen molar-refractivity contribution >= 4 is 46.3 Å². The Hall–Kier alpha value is -3.45. The average molecular weight is 413 g/mol. The third-order valence-corrected chi connectivity index (χ3v) is 4.39. The molecule has 0 aliphatic rings. The van der Waals surface area contributed by atoms with Crippen LogP contribution >= 0.6 is 11.6 Å². The molecular formula is C21H18ClFN4O2. The number of hydrogen-bond donors (Lipinski definition) is 1. The smallest absolute Gasteiger partial charge is 0.223 e. The lowest BCUT2D eigenvalue weighted by Gasteiger charge is -2.13. The number of allylic oxidation sites excluding steroid dienone is 2. The van der Waals surface area contributed by atoms with Gasteiger partial charge in [0.25, 0.3) is 0 Å². The first-order valence-corrected chi connectivity index (χ1v) is 8.84. The number of ether oxygens (including phenoxy) is 2. The van der Waals surface area contributed by atoms with Gasteiger partial charge in [-0.3, -0.25) is 0 Å². The Labute approximate surface area is 172 Å². The molecule has 29 heavy (non-hydrogen) atoms. The highest BCUT2D eigenvalue weighted by molar-refractivity contribution is 6.31. The van der Waals surface area contributed by atoms with E-state index in [0.29, 0.717) is 39.6 Å². The topological polar surface area (TPSA) is 68.6 Å². The van der Waals surface area contributed by atoms with Crippen LogP contribution in [0.3, 0.4) is 0 Å². The van der Waals surface area contributed by atoms with E-state index in [0.717, 1.165) is 0 Å². The van der Waals surface area contributed by atoms with Crippen molar-refractivity contribution in [3.8, 4) is 5.75 Å². The van der Waals surface area contributed by atoms with Gasteiger partial charge in [0, 0.05) is 11.1 Å². The van der Waals surface area contributed by atoms with Crippen molar-refractivity contribution in [1.82, 2.24) is 9.97 Å². The molecule has 0 aliphatic heterocycles. The Morgan fingerprint density at radius 1 is 1.21 bits per heavy atom. The predicted molar refractivity (Wildman–Crippen MR) is 114 cm³/mol. The maximum Gasteiger partial charge on any atom is 0.223 e. The van der Waals surface area contributed by atoms with Gasteiger partial charge in [0.05, 0.1) is 30.3 Å². The number of aromatic nitrogens is 2. The molecule has 1 N–H and O–H groups in total. The summed E-state index contributed by atoms with van der Waals surface area (Å²) in [7, 11) is 3.04. The molecule has 0 radical (unpaired) electrons. The van der Waals surface area contributed by atoms with Crippen LogP contribution < -0.4 is 10.1 Å². The molecule has 3 rings (SSSR count). The average Bonchev–Trinajstić information content (AvgIpc) is 2.74. The van der Waals surface area contributed by atoms with Gasteiger partial charge in [-0.05, 0) is 43.1 Å². The number of aliphatic imine (C=N–C) groups is 1. The zero-order valence-electron chi connectivity index (χ0n) is 15.9. The molecule has 0 spiro atoms. The van der Waals surface area contributed by atoms with Crippen LogP contribution in [-0.2, 0) is 4.74 Å². The first-order valence-electron chi connectivity index (χ1n) is 8.46. The molecule has 6 nitrogen and oxygen atoms in total. The summed E-state index contributed by atoms with van der Waals surface area (Å²) in [6.07, 6.45) is 1.54. The third-order valence-electron chi connectivity index (χ3n) is 4.10. The summed E-state index contributed by atoms with van der Waals surface area (Å²) in [6.45, 7) is 7.29. The Morgan fingerprint density at radius 2 is 2.00 bits per heavy atom. The Kier molecular flexibility index (Phi) is 6.09. The molecule has 0 bridgehead atoms. The van der Waals surface area contributed by atoms with Gasteiger partial charge in [-0.15, -0.1) is 0 Å². The molecule has 0 unspecified atom stereocenters. The molecule has 0 amide bonds. The van der Waals surface area contributed by atoms with E-state index in [1.807, 2.05) is 0 Å². The highest BCUT2D eigenvalue weighted by Crippen LogP contribution is 2.31. The molecule has 3 aromatic rings. The first-order chi connectivity index (χ1) is 14.0. The molecule has 0 saturated heterocycles. The molecule has 0 fully saturated rings. The van der Waals surface area contributed by atoms with E-state index >= 15 is 0 Å². The van der Waals surface area contributed by atoms with Gasteiger partial charge < -0.3 is 14.8 Å². The van der Waals surface area contributed by atoms with Crippen LogP contribution in [0.25, 0.3) is 16.5 Å². The van der Waals surface area contributed by atoms with Crippen LogP contribution in [0.1, 0.15) is 5.82 Å². The van der Waals surface area contributed by atoms with Gasteiger partial charge in [0.1, 0.15) is 17.4 Å². The zero-order valence-corrected chi connectivity index (χ0v) is 16.6. The first kappa shape index (κ1) is 20.3. The fourth-order valence-corrected chi connectivity index (χ4v) is 2.88. The highest BCUT2D eigenvalue weighted by atomic mass is 35.5. The summed E-state index contributed by atoms with van der Waals surface area (Å²) in [5.74, 6) is 1.16. The quantitative estimate of drug-likeness (QED) is 0.320. The molecule has 0 saturated carbocycles. The van der Waals surface area contributed by atoms with Crippen LogP contribution in [-0.4, -0.2) is 30.9 Å². The number of fused-ring (bicyclic) bond motifs is 1. The third kappa shape index (κ3) is 4.20. The van der Waals surface area contributed by atoms with E-state index in [4.69, 9.17) is 21.1 Å². The summed E-state index contributed by atoms with van der Waals surface area (Å²) in [6, 6.07) is 9.70. The maximum absolute atomic E-state index is 13.5. The molecule has 8 heteroatoms. The minimum atomic E-state index is -0.509. The van der Waals surface area contributed by atoms with Crippen molar-refractivity contribution in [2.45, 2.75) is 0 Å². The second-order valence-electron chi connectivity index (χ2n) is 5.82. The highest BCUT2D eigenvalue weighted by Gasteiger charge is 2.15. The van der Waals surface area contributed by atoms with Crippen LogP contribution in [0.2, 0.25) is 5.02 Å². The summed E-state index contributed by atoms with van der Waals surface area (Å²) in [5, 5.41) is 3.85. The maximum atomic E-state index is 13.5. The lowest BCUT2D eigenvalue weighted by Crippen LogP contribution is -2.03. The number of nitrogens with one attached hydrogen (secondary N) is 1. The standard InChI is InChI=1S/C21H18ClFN4O2/c1-5-14(21(24-2)29-4)19-26-18-9-7-13(28-3)11-15(18)20(27-19)25-12-6-8-17(23)16(22)10-12/h5-11H,1-2H2,3-4H3,(H,25,26,27)/b21-14-. The predicted octanol–water partition coefficient (Wildman–Crippen LogP) is 5.38. The lowest BCUT2D eigenvalue weighted by atomic mass is 10.2. The van der Waals surface area contributed by atoms with Crippen molar-refractivity contribution in [1.29, 1.82) is 0 Å². The van der Waals surface area contributed by atoms with Crippen molar-refractivity contribution in [3.63, 3.8) is 0 Å². The van der Waals surface area contributed by atoms with Gasteiger partial charge >= 0.3 is 0 Å². The largest absolute Gasteiger partial charge is 0.497 e. The molecule has 0 atom stereocenters. The summed E-state index contributed by atoms with van der Waals surface area (Å²) in [4.78, 5) is 13.0. The number of methoxy groups -OCH3 is 2. The van der Waals surface area contributed by atoms with Crippen molar-refractivity contribution in [3.05, 3.63) is 71.6 Å². The SMILES string of the molecule is C=C/C(=C(\N=C)OC)c1nc(Nc2ccc(F)c(Cl)c2)c2cc(OC)ccc2n1. The number of anilines is 2. The number of benzene rings is 2. The van der Waals surface area contributed by atoms with E-state index < -0.39 is 5.82 Å². The number of halogens is 2. The summed E-state index contributed by atoms with van der Waals surface area (Å²) < 4.78 is 24.1. The number of hydrogen-bond acceptors (Lipinski definition) is 6. The van der Waals surface area contributed by atoms with Gasteiger partial charge in [-0.25, -0.2) is 19.4 Å². The summed E-state index contributed by atoms with van der Waals surface area (Å²) in [5.41, 5.74) is 1.67. The second kappa shape index (κ2) is 8.70. The minimum Gasteiger partial charge on any atom is -0.497 e. The van der Waals surface area contributed by atoms with Crippen molar-refractivity contribution < 1.29 is 13.9 Å². The zero-order chi connectivity index (χ0) is 21.0. The van der Waals surface area contributed by atoms with E-state index in [1.165, 1.54) is 25.3 Å². The van der Waals surface area contributed by atoms with Gasteiger partial charge in [0.2, 0.25) is 5.88 Å². The van der Waals surface area contributed by atoms with Crippen molar-refractivity contribution in [2.24, 2.45) is 4.99 Å². The minimum absolute atomic E-state index is 0.00429. The monoisotopic (exact) mass is 412 g/mol. The van der Waals surface area contributed by atoms with Crippen LogP contribution in [0, 0.1) is 5.82 Å². The molecule has 2 aromatic carbocycles. The molecule has 1 heterocycles. The molecule has 148 valence electrons. The van der Waals surface area contributed by atoms with Gasteiger partial charge in [-0.2, -0.15) is 0 Å². The Bertz CT molecular complexity index is 1130. The fraction of sp³-hybridized carbons (Fsp3) is 0.0952. The number of nitrogens with zero attached hydrogens (tertiary/aromatic N) is 3. The molecule has 0 aliphatic carbocycles. The fourth-order valence-electron chi connectivity index (χ4n) is 2.69. The number of rotatable bonds is 7. The van der Waals surface area contributed by atoms with E-state index in [2.05, 4.69) is 33.6 Å². The second-order valence-corrected chi connectivity index (χ2v) is 6.23. The summed E-state index contributed by atoms with van der Waals surface area (Å²) >= 11 is 5.90. The van der Waals surface area contributed by atoms with Gasteiger partial charge in [-0.1, -0.05) is 24.3 Å². The Balaban J connectivity index is 2.23. The molecule has 1 aromatic heterocycles. The van der Waals surface area contributed by atoms with Crippen LogP contribution in [0.5, 0.6) is 5.75 Å². The van der Waals surface area contributed by atoms with Gasteiger partial charge in [0.15, 0.2) is 5.82 Å².